The average molecular weight is 418 g/mol. The van der Waals surface area contributed by atoms with E-state index in [1.54, 1.807) is 12.1 Å². The van der Waals surface area contributed by atoms with Crippen molar-refractivity contribution in [3.05, 3.63) is 64.7 Å². The number of aliphatic carboxylic acids is 1. The molecule has 2 aromatic rings. The van der Waals surface area contributed by atoms with Crippen LogP contribution in [0.3, 0.4) is 0 Å². The number of carboxylic acid groups (broad SMARTS) is 1. The molecule has 1 unspecified atom stereocenters. The summed E-state index contributed by atoms with van der Waals surface area (Å²) in [7, 11) is 0. The topological polar surface area (TPSA) is 100 Å². The van der Waals surface area contributed by atoms with Gasteiger partial charge in [0.2, 0.25) is 5.91 Å². The minimum absolute atomic E-state index is 0.263. The number of thioether (sulfide) groups is 1. The lowest BCUT2D eigenvalue weighted by Gasteiger charge is -2.08. The summed E-state index contributed by atoms with van der Waals surface area (Å²) in [5, 5.41) is 19.5. The number of hydrogen-bond donors (Lipinski definition) is 2. The fraction of sp³-hybridized carbons (Fsp3) is 0.158. The van der Waals surface area contributed by atoms with Gasteiger partial charge in [-0.2, -0.15) is 5.10 Å². The molecule has 0 aliphatic carbocycles. The lowest BCUT2D eigenvalue weighted by molar-refractivity contribution is -0.138. The quantitative estimate of drug-likeness (QED) is 0.531. The number of halogens is 1. The van der Waals surface area contributed by atoms with Gasteiger partial charge in [0.1, 0.15) is 17.6 Å². The van der Waals surface area contributed by atoms with E-state index in [1.807, 2.05) is 36.4 Å². The number of rotatable bonds is 7. The highest BCUT2D eigenvalue weighted by Gasteiger charge is 2.32. The molecule has 0 aromatic heterocycles. The summed E-state index contributed by atoms with van der Waals surface area (Å²) in [6.07, 6.45) is 1.25. The van der Waals surface area contributed by atoms with Crippen LogP contribution in [0.5, 0.6) is 5.75 Å². The van der Waals surface area contributed by atoms with Crippen LogP contribution in [0.15, 0.2) is 58.7 Å². The summed E-state index contributed by atoms with van der Waals surface area (Å²) < 4.78 is 5.84. The van der Waals surface area contributed by atoms with Gasteiger partial charge >= 0.3 is 5.97 Å². The molecule has 0 bridgehead atoms. The Labute approximate surface area is 170 Å². The zero-order chi connectivity index (χ0) is 19.9. The van der Waals surface area contributed by atoms with Crippen molar-refractivity contribution in [3.8, 4) is 5.75 Å². The number of ether oxygens (including phenoxy) is 1. The van der Waals surface area contributed by atoms with Crippen LogP contribution in [-0.4, -0.2) is 33.6 Å². The van der Waals surface area contributed by atoms with Gasteiger partial charge in [0.05, 0.1) is 12.6 Å². The second-order valence-corrected chi connectivity index (χ2v) is 7.42. The van der Waals surface area contributed by atoms with Crippen molar-refractivity contribution in [2.75, 3.05) is 0 Å². The standard InChI is InChI=1S/C19H16ClN3O4S/c20-14-7-5-12(6-8-14)11-27-15-4-2-1-3-13(15)10-21-23-19-22-18(26)16(28-19)9-17(24)25/h1-8,10,16H,9,11H2,(H,24,25)(H,22,23,26). The van der Waals surface area contributed by atoms with E-state index in [1.165, 1.54) is 6.21 Å². The third kappa shape index (κ3) is 5.58. The third-order valence-electron chi connectivity index (χ3n) is 3.71. The van der Waals surface area contributed by atoms with Gasteiger partial charge in [-0.15, -0.1) is 5.10 Å². The molecule has 7 nitrogen and oxygen atoms in total. The van der Waals surface area contributed by atoms with E-state index in [-0.39, 0.29) is 17.5 Å². The van der Waals surface area contributed by atoms with Crippen molar-refractivity contribution in [1.82, 2.24) is 5.32 Å². The highest BCUT2D eigenvalue weighted by Crippen LogP contribution is 2.23. The van der Waals surface area contributed by atoms with Gasteiger partial charge in [-0.3, -0.25) is 9.59 Å². The van der Waals surface area contributed by atoms with Crippen molar-refractivity contribution in [2.24, 2.45) is 10.2 Å². The zero-order valence-corrected chi connectivity index (χ0v) is 16.1. The van der Waals surface area contributed by atoms with Crippen molar-refractivity contribution in [1.29, 1.82) is 0 Å². The second-order valence-electron chi connectivity index (χ2n) is 5.80. The van der Waals surface area contributed by atoms with Crippen LogP contribution in [0, 0.1) is 0 Å². The first-order valence-electron chi connectivity index (χ1n) is 8.28. The molecule has 0 spiro atoms. The summed E-state index contributed by atoms with van der Waals surface area (Å²) in [5.41, 5.74) is 1.70. The normalized spacial score (nSPS) is 17.8. The summed E-state index contributed by atoms with van der Waals surface area (Å²) in [6.45, 7) is 0.374. The number of benzene rings is 2. The highest BCUT2D eigenvalue weighted by atomic mass is 35.5. The number of amidine groups is 1. The van der Waals surface area contributed by atoms with E-state index in [0.717, 1.165) is 22.9 Å². The Morgan fingerprint density at radius 2 is 2.00 bits per heavy atom. The highest BCUT2D eigenvalue weighted by molar-refractivity contribution is 8.15. The molecule has 1 aliphatic heterocycles. The largest absolute Gasteiger partial charge is 0.488 e. The van der Waals surface area contributed by atoms with Gasteiger partial charge in [0, 0.05) is 10.6 Å². The number of hydrogen-bond acceptors (Lipinski definition) is 6. The molecule has 144 valence electrons. The number of carbonyl (C=O) groups is 2. The summed E-state index contributed by atoms with van der Waals surface area (Å²) in [4.78, 5) is 22.4. The number of para-hydroxylation sites is 1. The first kappa shape index (κ1) is 19.9. The molecule has 1 amide bonds. The number of amides is 1. The van der Waals surface area contributed by atoms with Gasteiger partial charge in [-0.1, -0.05) is 47.6 Å². The Bertz CT molecular complexity index is 931. The average Bonchev–Trinajstić information content (AvgIpc) is 3.01. The first-order chi connectivity index (χ1) is 13.5. The van der Waals surface area contributed by atoms with Crippen LogP contribution in [-0.2, 0) is 16.2 Å². The molecule has 0 radical (unpaired) electrons. The summed E-state index contributed by atoms with van der Waals surface area (Å²) in [5.74, 6) is -0.787. The fourth-order valence-corrected chi connectivity index (χ4v) is 3.39. The summed E-state index contributed by atoms with van der Waals surface area (Å²) in [6, 6.07) is 14.7. The van der Waals surface area contributed by atoms with E-state index in [2.05, 4.69) is 15.5 Å². The Morgan fingerprint density at radius 3 is 2.75 bits per heavy atom. The molecular formula is C19H16ClN3O4S. The Kier molecular flexibility index (Phi) is 6.67. The number of carboxylic acids is 1. The van der Waals surface area contributed by atoms with Crippen LogP contribution >= 0.6 is 23.4 Å². The second kappa shape index (κ2) is 9.38. The summed E-state index contributed by atoms with van der Waals surface area (Å²) >= 11 is 6.93. The lowest BCUT2D eigenvalue weighted by atomic mass is 10.2. The van der Waals surface area contributed by atoms with Crippen molar-refractivity contribution < 1.29 is 19.4 Å². The first-order valence-corrected chi connectivity index (χ1v) is 9.53. The fourth-order valence-electron chi connectivity index (χ4n) is 2.35. The number of nitrogens with zero attached hydrogens (tertiary/aromatic N) is 2. The van der Waals surface area contributed by atoms with Crippen LogP contribution in [0.25, 0.3) is 0 Å². The smallest absolute Gasteiger partial charge is 0.305 e. The minimum atomic E-state index is -1.04. The van der Waals surface area contributed by atoms with Crippen molar-refractivity contribution in [2.45, 2.75) is 18.3 Å². The van der Waals surface area contributed by atoms with Crippen molar-refractivity contribution in [3.63, 3.8) is 0 Å². The maximum Gasteiger partial charge on any atom is 0.305 e. The Balaban J connectivity index is 1.63. The zero-order valence-electron chi connectivity index (χ0n) is 14.5. The molecular weight excluding hydrogens is 402 g/mol. The van der Waals surface area contributed by atoms with E-state index in [0.29, 0.717) is 17.4 Å². The molecule has 28 heavy (non-hydrogen) atoms. The van der Waals surface area contributed by atoms with Crippen molar-refractivity contribution >= 4 is 46.6 Å². The van der Waals surface area contributed by atoms with E-state index >= 15 is 0 Å². The van der Waals surface area contributed by atoms with Gasteiger partial charge in [0.15, 0.2) is 5.17 Å². The van der Waals surface area contributed by atoms with E-state index < -0.39 is 11.2 Å². The molecule has 3 rings (SSSR count). The molecule has 0 saturated carbocycles. The molecule has 1 fully saturated rings. The Morgan fingerprint density at radius 1 is 1.25 bits per heavy atom. The van der Waals surface area contributed by atoms with E-state index in [9.17, 15) is 9.59 Å². The van der Waals surface area contributed by atoms with E-state index in [4.69, 9.17) is 21.4 Å². The molecule has 2 N–H and O–H groups in total. The molecule has 2 aromatic carbocycles. The SMILES string of the molecule is O=C(O)CC1SC(=NN=Cc2ccccc2OCc2ccc(Cl)cc2)NC1=O. The molecule has 1 aliphatic rings. The van der Waals surface area contributed by atoms with Crippen LogP contribution in [0.2, 0.25) is 5.02 Å². The van der Waals surface area contributed by atoms with Gasteiger partial charge in [0.25, 0.3) is 0 Å². The lowest BCUT2D eigenvalue weighted by Crippen LogP contribution is -2.26. The van der Waals surface area contributed by atoms with Crippen LogP contribution in [0.1, 0.15) is 17.5 Å². The van der Waals surface area contributed by atoms with Gasteiger partial charge in [-0.25, -0.2) is 0 Å². The van der Waals surface area contributed by atoms with Crippen LogP contribution < -0.4 is 10.1 Å². The third-order valence-corrected chi connectivity index (χ3v) is 5.03. The molecule has 1 heterocycles. The Hall–Kier alpha value is -2.84. The van der Waals surface area contributed by atoms with Gasteiger partial charge < -0.3 is 15.2 Å². The monoisotopic (exact) mass is 417 g/mol. The number of nitrogens with one attached hydrogen (secondary N) is 1. The van der Waals surface area contributed by atoms with Crippen LogP contribution in [0.4, 0.5) is 0 Å². The maximum absolute atomic E-state index is 11.7. The molecule has 1 saturated heterocycles. The number of carbonyl (C=O) groups excluding carboxylic acids is 1. The predicted molar refractivity (Wildman–Crippen MR) is 109 cm³/mol. The van der Waals surface area contributed by atoms with Gasteiger partial charge in [-0.05, 0) is 29.8 Å². The minimum Gasteiger partial charge on any atom is -0.488 e. The predicted octanol–water partition coefficient (Wildman–Crippen LogP) is 3.32. The maximum atomic E-state index is 11.7. The molecule has 9 heteroatoms. The molecule has 1 atom stereocenters.